The number of furan rings is 1. The molecule has 5 heteroatoms. The highest BCUT2D eigenvalue weighted by Crippen LogP contribution is 2.41. The lowest BCUT2D eigenvalue weighted by Crippen LogP contribution is -1.97. The summed E-state index contributed by atoms with van der Waals surface area (Å²) in [6.07, 6.45) is 0. The maximum Gasteiger partial charge on any atom is 0.160 e. The van der Waals surface area contributed by atoms with Gasteiger partial charge in [0.25, 0.3) is 0 Å². The van der Waals surface area contributed by atoms with Crippen molar-refractivity contribution in [2.24, 2.45) is 0 Å². The van der Waals surface area contributed by atoms with Crippen molar-refractivity contribution in [3.05, 3.63) is 218 Å². The van der Waals surface area contributed by atoms with E-state index in [4.69, 9.17) is 19.4 Å². The van der Waals surface area contributed by atoms with Crippen LogP contribution in [0.1, 0.15) is 0 Å². The molecule has 4 aromatic heterocycles. The van der Waals surface area contributed by atoms with Gasteiger partial charge in [0, 0.05) is 49.5 Å². The lowest BCUT2D eigenvalue weighted by Gasteiger charge is -2.12. The van der Waals surface area contributed by atoms with Crippen LogP contribution < -0.4 is 0 Å². The standard InChI is InChI=1S/C59H36N4O/c1-2-13-41(14-3-1)59-61-50(36-51(62-59)44-17-12-18-45(33-44)63-53-22-9-6-19-46(53)47-20-7-10-23-54(47)63)39-29-25-37(26-30-39)38-27-31-40(32-28-38)57-56-48-21-8-11-24-55(48)64-58(56)49-34-42-15-4-5-16-43(42)35-52(49)60-57/h1-36H. The number of aromatic nitrogens is 4. The number of rotatable bonds is 6. The van der Waals surface area contributed by atoms with E-state index in [1.54, 1.807) is 0 Å². The van der Waals surface area contributed by atoms with Crippen molar-refractivity contribution in [3.63, 3.8) is 0 Å². The molecule has 0 N–H and O–H groups in total. The van der Waals surface area contributed by atoms with E-state index >= 15 is 0 Å². The Balaban J connectivity index is 0.873. The van der Waals surface area contributed by atoms with Gasteiger partial charge in [-0.1, -0.05) is 170 Å². The molecule has 0 unspecified atom stereocenters. The molecule has 0 bridgehead atoms. The molecule has 0 spiro atoms. The smallest absolute Gasteiger partial charge is 0.160 e. The molecular weight excluding hydrogens is 781 g/mol. The van der Waals surface area contributed by atoms with Crippen molar-refractivity contribution in [2.75, 3.05) is 0 Å². The summed E-state index contributed by atoms with van der Waals surface area (Å²) in [5, 5.41) is 7.91. The molecule has 64 heavy (non-hydrogen) atoms. The summed E-state index contributed by atoms with van der Waals surface area (Å²) in [6.45, 7) is 0. The van der Waals surface area contributed by atoms with Crippen LogP contribution in [-0.4, -0.2) is 19.5 Å². The largest absolute Gasteiger partial charge is 0.455 e. The fourth-order valence-electron chi connectivity index (χ4n) is 9.48. The highest BCUT2D eigenvalue weighted by Gasteiger charge is 2.19. The first kappa shape index (κ1) is 36.0. The molecule has 4 heterocycles. The SMILES string of the molecule is c1ccc(-c2nc(-c3ccc(-c4ccc(-c5nc6cc7ccccc7cc6c6oc7ccccc7c56)cc4)cc3)cc(-c3cccc(-n4c5ccccc5c5ccccc54)c3)n2)cc1. The number of pyridine rings is 1. The first-order chi connectivity index (χ1) is 31.7. The molecule has 0 aliphatic carbocycles. The highest BCUT2D eigenvalue weighted by atomic mass is 16.3. The summed E-state index contributed by atoms with van der Waals surface area (Å²) in [5.41, 5.74) is 15.0. The Bertz CT molecular complexity index is 3890. The third kappa shape index (κ3) is 5.90. The Morgan fingerprint density at radius 2 is 0.922 bits per heavy atom. The summed E-state index contributed by atoms with van der Waals surface area (Å²) in [7, 11) is 0. The number of hydrogen-bond donors (Lipinski definition) is 0. The third-order valence-corrected chi connectivity index (χ3v) is 12.6. The van der Waals surface area contributed by atoms with Crippen molar-refractivity contribution in [1.82, 2.24) is 19.5 Å². The average Bonchev–Trinajstić information content (AvgIpc) is 3.93. The second kappa shape index (κ2) is 14.5. The van der Waals surface area contributed by atoms with Gasteiger partial charge in [0.1, 0.15) is 11.2 Å². The zero-order valence-electron chi connectivity index (χ0n) is 34.5. The van der Waals surface area contributed by atoms with E-state index in [-0.39, 0.29) is 0 Å². The molecule has 5 nitrogen and oxygen atoms in total. The van der Waals surface area contributed by atoms with Crippen molar-refractivity contribution in [3.8, 4) is 62.0 Å². The van der Waals surface area contributed by atoms with Crippen LogP contribution in [0.15, 0.2) is 223 Å². The fraction of sp³-hybridized carbons (Fsp3) is 0. The topological polar surface area (TPSA) is 56.7 Å². The Morgan fingerprint density at radius 3 is 1.64 bits per heavy atom. The summed E-state index contributed by atoms with van der Waals surface area (Å²) < 4.78 is 8.93. The average molecular weight is 817 g/mol. The van der Waals surface area contributed by atoms with Crippen molar-refractivity contribution < 1.29 is 4.42 Å². The molecule has 0 fully saturated rings. The minimum absolute atomic E-state index is 0.685. The Labute approximate surface area is 368 Å². The molecule has 0 saturated heterocycles. The van der Waals surface area contributed by atoms with Crippen molar-refractivity contribution in [1.29, 1.82) is 0 Å². The van der Waals surface area contributed by atoms with Crippen LogP contribution in [0.4, 0.5) is 0 Å². The summed E-state index contributed by atoms with van der Waals surface area (Å²) in [4.78, 5) is 15.6. The fourth-order valence-corrected chi connectivity index (χ4v) is 9.48. The molecule has 298 valence electrons. The van der Waals surface area contributed by atoms with Crippen LogP contribution >= 0.6 is 0 Å². The number of fused-ring (bicyclic) bond motifs is 9. The molecule has 0 radical (unpaired) electrons. The lowest BCUT2D eigenvalue weighted by molar-refractivity contribution is 0.672. The van der Waals surface area contributed by atoms with Gasteiger partial charge >= 0.3 is 0 Å². The maximum atomic E-state index is 6.58. The summed E-state index contributed by atoms with van der Waals surface area (Å²) >= 11 is 0. The van der Waals surface area contributed by atoms with E-state index < -0.39 is 0 Å². The van der Waals surface area contributed by atoms with E-state index in [9.17, 15) is 0 Å². The number of nitrogens with zero attached hydrogens (tertiary/aromatic N) is 4. The quantitative estimate of drug-likeness (QED) is 0.157. The van der Waals surface area contributed by atoms with E-state index in [0.717, 1.165) is 94.4 Å². The van der Waals surface area contributed by atoms with Crippen LogP contribution in [0.5, 0.6) is 0 Å². The normalized spacial score (nSPS) is 11.8. The summed E-state index contributed by atoms with van der Waals surface area (Å²) in [5.74, 6) is 0.685. The second-order valence-electron chi connectivity index (χ2n) is 16.4. The van der Waals surface area contributed by atoms with Crippen LogP contribution in [-0.2, 0) is 0 Å². The lowest BCUT2D eigenvalue weighted by atomic mass is 9.97. The highest BCUT2D eigenvalue weighted by molar-refractivity contribution is 6.20. The Kier molecular flexibility index (Phi) is 8.15. The minimum atomic E-state index is 0.685. The van der Waals surface area contributed by atoms with Gasteiger partial charge in [-0.2, -0.15) is 0 Å². The maximum absolute atomic E-state index is 6.58. The molecule has 0 amide bonds. The van der Waals surface area contributed by atoms with E-state index in [1.807, 2.05) is 30.3 Å². The molecule has 0 aliphatic rings. The van der Waals surface area contributed by atoms with Gasteiger partial charge in [-0.3, -0.25) is 0 Å². The predicted molar refractivity (Wildman–Crippen MR) is 264 cm³/mol. The number of para-hydroxylation sites is 3. The molecule has 0 saturated carbocycles. The third-order valence-electron chi connectivity index (χ3n) is 12.6. The van der Waals surface area contributed by atoms with E-state index in [1.165, 1.54) is 27.2 Å². The number of benzene rings is 9. The zero-order valence-corrected chi connectivity index (χ0v) is 34.5. The van der Waals surface area contributed by atoms with Gasteiger partial charge in [-0.15, -0.1) is 0 Å². The predicted octanol–water partition coefficient (Wildman–Crippen LogP) is 15.5. The van der Waals surface area contributed by atoms with Gasteiger partial charge in [-0.05, 0) is 70.4 Å². The molecule has 0 atom stereocenters. The number of hydrogen-bond acceptors (Lipinski definition) is 4. The summed E-state index contributed by atoms with van der Waals surface area (Å²) in [6, 6.07) is 76.7. The monoisotopic (exact) mass is 816 g/mol. The molecule has 13 rings (SSSR count). The van der Waals surface area contributed by atoms with Crippen LogP contribution in [0.3, 0.4) is 0 Å². The molecule has 13 aromatic rings. The Hall–Kier alpha value is -8.67. The van der Waals surface area contributed by atoms with Gasteiger partial charge in [0.05, 0.1) is 39.0 Å². The van der Waals surface area contributed by atoms with E-state index in [2.05, 4.69) is 193 Å². The van der Waals surface area contributed by atoms with Gasteiger partial charge in [0.15, 0.2) is 5.82 Å². The molecule has 9 aromatic carbocycles. The van der Waals surface area contributed by atoms with Crippen molar-refractivity contribution in [2.45, 2.75) is 0 Å². The minimum Gasteiger partial charge on any atom is -0.455 e. The van der Waals surface area contributed by atoms with Crippen LogP contribution in [0.2, 0.25) is 0 Å². The van der Waals surface area contributed by atoms with E-state index in [0.29, 0.717) is 5.82 Å². The molecule has 0 aliphatic heterocycles. The second-order valence-corrected chi connectivity index (χ2v) is 16.4. The first-order valence-electron chi connectivity index (χ1n) is 21.6. The van der Waals surface area contributed by atoms with Crippen LogP contribution in [0.25, 0.3) is 127 Å². The van der Waals surface area contributed by atoms with Gasteiger partial charge < -0.3 is 8.98 Å². The zero-order chi connectivity index (χ0) is 42.1. The van der Waals surface area contributed by atoms with Crippen molar-refractivity contribution >= 4 is 65.4 Å². The van der Waals surface area contributed by atoms with Crippen LogP contribution in [0, 0.1) is 0 Å². The molecular formula is C59H36N4O. The van der Waals surface area contributed by atoms with Gasteiger partial charge in [-0.25, -0.2) is 15.0 Å². The first-order valence-corrected chi connectivity index (χ1v) is 21.6. The Morgan fingerprint density at radius 1 is 0.359 bits per heavy atom. The van der Waals surface area contributed by atoms with Gasteiger partial charge in [0.2, 0.25) is 0 Å².